The molecule has 0 bridgehead atoms. The number of benzene rings is 1. The summed E-state index contributed by atoms with van der Waals surface area (Å²) in [6.07, 6.45) is 2.74. The fraction of sp³-hybridized carbons (Fsp3) is 0.600. The molecule has 2 fully saturated rings. The molecular formula is C15H22FN3. The van der Waals surface area contributed by atoms with E-state index in [0.717, 1.165) is 43.3 Å². The third-order valence-corrected chi connectivity index (χ3v) is 4.21. The third-order valence-electron chi connectivity index (χ3n) is 4.21. The van der Waals surface area contributed by atoms with Gasteiger partial charge in [-0.2, -0.15) is 0 Å². The van der Waals surface area contributed by atoms with Crippen molar-refractivity contribution in [2.75, 3.05) is 26.2 Å². The van der Waals surface area contributed by atoms with Crippen molar-refractivity contribution in [3.05, 3.63) is 35.1 Å². The van der Waals surface area contributed by atoms with Gasteiger partial charge in [0.05, 0.1) is 0 Å². The average molecular weight is 263 g/mol. The van der Waals surface area contributed by atoms with Crippen molar-refractivity contribution in [2.45, 2.75) is 32.0 Å². The van der Waals surface area contributed by atoms with E-state index in [0.29, 0.717) is 13.1 Å². The standard InChI is InChI=1S/C15H22FN3/c16-15-4-1-12(10-17)9-13(15)11-18-5-7-19(8-6-18)14-2-3-14/h1,4,9,14H,2-3,5-8,10-11,17H2. The molecular weight excluding hydrogens is 241 g/mol. The van der Waals surface area contributed by atoms with E-state index in [2.05, 4.69) is 9.80 Å². The molecule has 104 valence electrons. The molecule has 0 spiro atoms. The van der Waals surface area contributed by atoms with E-state index >= 15 is 0 Å². The van der Waals surface area contributed by atoms with Crippen LogP contribution in [0, 0.1) is 5.82 Å². The second kappa shape index (κ2) is 5.57. The molecule has 1 aliphatic heterocycles. The van der Waals surface area contributed by atoms with Gasteiger partial charge in [0.2, 0.25) is 0 Å². The fourth-order valence-corrected chi connectivity index (χ4v) is 2.84. The molecule has 0 radical (unpaired) electrons. The van der Waals surface area contributed by atoms with Crippen LogP contribution in [0.25, 0.3) is 0 Å². The van der Waals surface area contributed by atoms with Crippen LogP contribution >= 0.6 is 0 Å². The molecule has 3 nitrogen and oxygen atoms in total. The molecule has 1 saturated heterocycles. The molecule has 1 aromatic carbocycles. The maximum absolute atomic E-state index is 13.8. The van der Waals surface area contributed by atoms with Gasteiger partial charge in [-0.3, -0.25) is 9.80 Å². The molecule has 3 rings (SSSR count). The lowest BCUT2D eigenvalue weighted by Crippen LogP contribution is -2.46. The first-order valence-electron chi connectivity index (χ1n) is 7.20. The van der Waals surface area contributed by atoms with E-state index in [1.807, 2.05) is 6.07 Å². The first kappa shape index (κ1) is 13.0. The molecule has 1 aromatic rings. The maximum Gasteiger partial charge on any atom is 0.127 e. The van der Waals surface area contributed by atoms with Gasteiger partial charge in [-0.25, -0.2) is 4.39 Å². The summed E-state index contributed by atoms with van der Waals surface area (Å²) in [5.41, 5.74) is 7.41. The highest BCUT2D eigenvalue weighted by molar-refractivity contribution is 5.25. The average Bonchev–Trinajstić information content (AvgIpc) is 3.27. The monoisotopic (exact) mass is 263 g/mol. The van der Waals surface area contributed by atoms with Gasteiger partial charge in [0.25, 0.3) is 0 Å². The predicted octanol–water partition coefficient (Wildman–Crippen LogP) is 1.56. The minimum absolute atomic E-state index is 0.109. The maximum atomic E-state index is 13.8. The molecule has 19 heavy (non-hydrogen) atoms. The van der Waals surface area contributed by atoms with E-state index in [4.69, 9.17) is 5.73 Å². The molecule has 0 amide bonds. The van der Waals surface area contributed by atoms with Gasteiger partial charge < -0.3 is 5.73 Å². The topological polar surface area (TPSA) is 32.5 Å². The highest BCUT2D eigenvalue weighted by Crippen LogP contribution is 2.27. The molecule has 0 unspecified atom stereocenters. The molecule has 2 aliphatic rings. The Morgan fingerprint density at radius 1 is 1.16 bits per heavy atom. The Labute approximate surface area is 114 Å². The Hall–Kier alpha value is -0.970. The first-order chi connectivity index (χ1) is 9.26. The SMILES string of the molecule is NCc1ccc(F)c(CN2CCN(C3CC3)CC2)c1. The number of hydrogen-bond acceptors (Lipinski definition) is 3. The van der Waals surface area contributed by atoms with Gasteiger partial charge in [0.1, 0.15) is 5.82 Å². The van der Waals surface area contributed by atoms with E-state index in [1.54, 1.807) is 6.07 Å². The number of rotatable bonds is 4. The second-order valence-corrected chi connectivity index (χ2v) is 5.67. The van der Waals surface area contributed by atoms with Crippen LogP contribution < -0.4 is 5.73 Å². The molecule has 0 aromatic heterocycles. The van der Waals surface area contributed by atoms with Crippen LogP contribution in [0.5, 0.6) is 0 Å². The summed E-state index contributed by atoms with van der Waals surface area (Å²) in [5, 5.41) is 0. The third kappa shape index (κ3) is 3.14. The van der Waals surface area contributed by atoms with Gasteiger partial charge >= 0.3 is 0 Å². The van der Waals surface area contributed by atoms with Gasteiger partial charge in [-0.05, 0) is 24.5 Å². The Morgan fingerprint density at radius 3 is 2.53 bits per heavy atom. The summed E-state index contributed by atoms with van der Waals surface area (Å²) in [5.74, 6) is -0.109. The van der Waals surface area contributed by atoms with Gasteiger partial charge in [-0.15, -0.1) is 0 Å². The Kier molecular flexibility index (Phi) is 3.82. The highest BCUT2D eigenvalue weighted by Gasteiger charge is 2.31. The van der Waals surface area contributed by atoms with Gasteiger partial charge in [0.15, 0.2) is 0 Å². The number of hydrogen-bond donors (Lipinski definition) is 1. The van der Waals surface area contributed by atoms with Crippen molar-refractivity contribution in [1.29, 1.82) is 0 Å². The van der Waals surface area contributed by atoms with E-state index in [1.165, 1.54) is 18.9 Å². The van der Waals surface area contributed by atoms with Crippen LogP contribution in [-0.2, 0) is 13.1 Å². The normalized spacial score (nSPS) is 21.8. The lowest BCUT2D eigenvalue weighted by atomic mass is 10.1. The summed E-state index contributed by atoms with van der Waals surface area (Å²) in [7, 11) is 0. The Bertz CT molecular complexity index is 437. The van der Waals surface area contributed by atoms with Crippen molar-refractivity contribution in [2.24, 2.45) is 5.73 Å². The van der Waals surface area contributed by atoms with Gasteiger partial charge in [-0.1, -0.05) is 12.1 Å². The molecule has 1 aliphatic carbocycles. The summed E-state index contributed by atoms with van der Waals surface area (Å²) >= 11 is 0. The summed E-state index contributed by atoms with van der Waals surface area (Å²) in [4.78, 5) is 4.92. The minimum atomic E-state index is -0.109. The van der Waals surface area contributed by atoms with E-state index < -0.39 is 0 Å². The Balaban J connectivity index is 1.59. The van der Waals surface area contributed by atoms with E-state index in [9.17, 15) is 4.39 Å². The quantitative estimate of drug-likeness (QED) is 0.895. The lowest BCUT2D eigenvalue weighted by Gasteiger charge is -2.34. The first-order valence-corrected chi connectivity index (χ1v) is 7.20. The van der Waals surface area contributed by atoms with E-state index in [-0.39, 0.29) is 5.82 Å². The second-order valence-electron chi connectivity index (χ2n) is 5.67. The van der Waals surface area contributed by atoms with Crippen molar-refractivity contribution in [3.63, 3.8) is 0 Å². The smallest absolute Gasteiger partial charge is 0.127 e. The fourth-order valence-electron chi connectivity index (χ4n) is 2.84. The zero-order valence-corrected chi connectivity index (χ0v) is 11.3. The van der Waals surface area contributed by atoms with Crippen LogP contribution in [0.1, 0.15) is 24.0 Å². The van der Waals surface area contributed by atoms with Crippen LogP contribution in [0.15, 0.2) is 18.2 Å². The number of piperazine rings is 1. The van der Waals surface area contributed by atoms with Gasteiger partial charge in [0, 0.05) is 50.9 Å². The predicted molar refractivity (Wildman–Crippen MR) is 74.2 cm³/mol. The van der Waals surface area contributed by atoms with Crippen LogP contribution in [-0.4, -0.2) is 42.0 Å². The van der Waals surface area contributed by atoms with Crippen molar-refractivity contribution in [1.82, 2.24) is 9.80 Å². The number of nitrogens with two attached hydrogens (primary N) is 1. The molecule has 2 N–H and O–H groups in total. The molecule has 0 atom stereocenters. The highest BCUT2D eigenvalue weighted by atomic mass is 19.1. The summed E-state index contributed by atoms with van der Waals surface area (Å²) < 4.78 is 13.8. The summed E-state index contributed by atoms with van der Waals surface area (Å²) in [6, 6.07) is 6.06. The largest absolute Gasteiger partial charge is 0.326 e. The van der Waals surface area contributed by atoms with Crippen molar-refractivity contribution in [3.8, 4) is 0 Å². The van der Waals surface area contributed by atoms with Crippen molar-refractivity contribution < 1.29 is 4.39 Å². The van der Waals surface area contributed by atoms with Crippen LogP contribution in [0.4, 0.5) is 4.39 Å². The molecule has 1 saturated carbocycles. The minimum Gasteiger partial charge on any atom is -0.326 e. The lowest BCUT2D eigenvalue weighted by molar-refractivity contribution is 0.120. The van der Waals surface area contributed by atoms with Crippen molar-refractivity contribution >= 4 is 0 Å². The van der Waals surface area contributed by atoms with Crippen LogP contribution in [0.3, 0.4) is 0 Å². The number of halogens is 1. The molecule has 1 heterocycles. The number of nitrogens with zero attached hydrogens (tertiary/aromatic N) is 2. The molecule has 4 heteroatoms. The van der Waals surface area contributed by atoms with Crippen LogP contribution in [0.2, 0.25) is 0 Å². The zero-order valence-electron chi connectivity index (χ0n) is 11.3. The summed E-state index contributed by atoms with van der Waals surface area (Å²) in [6.45, 7) is 5.53. The Morgan fingerprint density at radius 2 is 1.89 bits per heavy atom. The zero-order chi connectivity index (χ0) is 13.2.